The lowest BCUT2D eigenvalue weighted by atomic mass is 10.1. The number of hydrogen-bond donors (Lipinski definition) is 2. The third-order valence-corrected chi connectivity index (χ3v) is 6.18. The van der Waals surface area contributed by atoms with Gasteiger partial charge in [-0.1, -0.05) is 0 Å². The third kappa shape index (κ3) is 3.87. The maximum absolute atomic E-state index is 12.7. The summed E-state index contributed by atoms with van der Waals surface area (Å²) in [4.78, 5) is 26.4. The van der Waals surface area contributed by atoms with Gasteiger partial charge in [-0.3, -0.25) is 9.59 Å². The molecule has 0 saturated heterocycles. The molecule has 9 nitrogen and oxygen atoms in total. The molecule has 1 aromatic carbocycles. The number of carbonyl (C=O) groups excluding carboxylic acids is 1. The zero-order valence-electron chi connectivity index (χ0n) is 15.9. The molecule has 0 bridgehead atoms. The number of carbonyl (C=O) groups is 1. The van der Waals surface area contributed by atoms with E-state index in [-0.39, 0.29) is 28.9 Å². The highest BCUT2D eigenvalue weighted by atomic mass is 32.2. The summed E-state index contributed by atoms with van der Waals surface area (Å²) >= 11 is 0. The monoisotopic (exact) mass is 416 g/mol. The molecule has 2 aromatic rings. The molecule has 0 radical (unpaired) electrons. The van der Waals surface area contributed by atoms with Crippen LogP contribution < -0.4 is 10.2 Å². The largest absolute Gasteiger partial charge is 0.503 e. The molecule has 1 aromatic heterocycles. The number of sulfonamides is 1. The van der Waals surface area contributed by atoms with E-state index < -0.39 is 27.1 Å². The van der Waals surface area contributed by atoms with Gasteiger partial charge in [0.05, 0.1) is 23.1 Å². The number of amides is 1. The zero-order valence-corrected chi connectivity index (χ0v) is 16.7. The van der Waals surface area contributed by atoms with E-state index in [9.17, 15) is 23.1 Å². The van der Waals surface area contributed by atoms with Crippen LogP contribution in [0.15, 0.2) is 40.0 Å². The predicted molar refractivity (Wildman–Crippen MR) is 104 cm³/mol. The van der Waals surface area contributed by atoms with Crippen LogP contribution in [0.2, 0.25) is 0 Å². The van der Waals surface area contributed by atoms with E-state index in [0.29, 0.717) is 18.7 Å². The van der Waals surface area contributed by atoms with Crippen molar-refractivity contribution < 1.29 is 18.3 Å². The lowest BCUT2D eigenvalue weighted by Gasteiger charge is -2.34. The molecular weight excluding hydrogens is 396 g/mol. The van der Waals surface area contributed by atoms with Gasteiger partial charge in [0, 0.05) is 30.9 Å². The van der Waals surface area contributed by atoms with Gasteiger partial charge in [-0.05, 0) is 38.1 Å². The van der Waals surface area contributed by atoms with Gasteiger partial charge in [0.25, 0.3) is 5.91 Å². The van der Waals surface area contributed by atoms with Gasteiger partial charge in [-0.15, -0.1) is 0 Å². The number of fused-ring (bicyclic) bond motifs is 1. The lowest BCUT2D eigenvalue weighted by molar-refractivity contribution is 0.0639. The molecule has 29 heavy (non-hydrogen) atoms. The van der Waals surface area contributed by atoms with Crippen molar-refractivity contribution in [3.63, 3.8) is 0 Å². The Morgan fingerprint density at radius 1 is 1.21 bits per heavy atom. The minimum Gasteiger partial charge on any atom is -0.503 e. The SMILES string of the molecule is CC(C)N1CCn2c(CNS(=O)(=O)c3ccc(C#N)cc3)cc(=O)c(O)c2C1=O. The van der Waals surface area contributed by atoms with E-state index in [4.69, 9.17) is 5.26 Å². The molecule has 0 saturated carbocycles. The highest BCUT2D eigenvalue weighted by Gasteiger charge is 2.31. The Hall–Kier alpha value is -3.16. The van der Waals surface area contributed by atoms with Gasteiger partial charge in [0.15, 0.2) is 11.4 Å². The quantitative estimate of drug-likeness (QED) is 0.740. The van der Waals surface area contributed by atoms with Crippen molar-refractivity contribution in [3.8, 4) is 11.8 Å². The first kappa shape index (κ1) is 20.6. The molecule has 152 valence electrons. The number of nitriles is 1. The first-order chi connectivity index (χ1) is 13.7. The second-order valence-corrected chi connectivity index (χ2v) is 8.67. The van der Waals surface area contributed by atoms with Gasteiger partial charge >= 0.3 is 0 Å². The van der Waals surface area contributed by atoms with E-state index in [1.807, 2.05) is 19.9 Å². The Balaban J connectivity index is 1.93. The van der Waals surface area contributed by atoms with Gasteiger partial charge in [0.2, 0.25) is 15.5 Å². The summed E-state index contributed by atoms with van der Waals surface area (Å²) in [7, 11) is -3.90. The predicted octanol–water partition coefficient (Wildman–Crippen LogP) is 0.768. The average molecular weight is 416 g/mol. The van der Waals surface area contributed by atoms with E-state index in [2.05, 4.69) is 4.72 Å². The second kappa shape index (κ2) is 7.69. The molecule has 0 fully saturated rings. The van der Waals surface area contributed by atoms with Crippen LogP contribution in [0.5, 0.6) is 5.75 Å². The summed E-state index contributed by atoms with van der Waals surface area (Å²) in [6.45, 7) is 4.12. The van der Waals surface area contributed by atoms with Crippen molar-refractivity contribution in [1.82, 2.24) is 14.2 Å². The van der Waals surface area contributed by atoms with Crippen LogP contribution in [0.25, 0.3) is 0 Å². The van der Waals surface area contributed by atoms with Crippen molar-refractivity contribution in [1.29, 1.82) is 5.26 Å². The molecular formula is C19H20N4O5S. The Kier molecular flexibility index (Phi) is 5.46. The molecule has 3 rings (SSSR count). The molecule has 1 aliphatic heterocycles. The van der Waals surface area contributed by atoms with Crippen LogP contribution in [0, 0.1) is 11.3 Å². The van der Waals surface area contributed by atoms with Gasteiger partial charge < -0.3 is 14.6 Å². The summed E-state index contributed by atoms with van der Waals surface area (Å²) in [5, 5.41) is 19.0. The number of pyridine rings is 1. The van der Waals surface area contributed by atoms with Crippen molar-refractivity contribution in [2.24, 2.45) is 0 Å². The fraction of sp³-hybridized carbons (Fsp3) is 0.316. The Morgan fingerprint density at radius 2 is 1.86 bits per heavy atom. The smallest absolute Gasteiger partial charge is 0.274 e. The van der Waals surface area contributed by atoms with E-state index in [0.717, 1.165) is 6.07 Å². The first-order valence-corrected chi connectivity index (χ1v) is 10.4. The Morgan fingerprint density at radius 3 is 2.45 bits per heavy atom. The summed E-state index contributed by atoms with van der Waals surface area (Å²) < 4.78 is 28.9. The number of aromatic hydroxyl groups is 1. The highest BCUT2D eigenvalue weighted by molar-refractivity contribution is 7.89. The number of nitrogens with one attached hydrogen (secondary N) is 1. The Bertz CT molecular complexity index is 1160. The number of rotatable bonds is 5. The number of nitrogens with zero attached hydrogens (tertiary/aromatic N) is 3. The van der Waals surface area contributed by atoms with Crippen LogP contribution in [-0.2, 0) is 23.1 Å². The van der Waals surface area contributed by atoms with Crippen LogP contribution in [0.4, 0.5) is 0 Å². The highest BCUT2D eigenvalue weighted by Crippen LogP contribution is 2.23. The normalized spacial score (nSPS) is 14.0. The number of hydrogen-bond acceptors (Lipinski definition) is 6. The maximum Gasteiger partial charge on any atom is 0.274 e. The summed E-state index contributed by atoms with van der Waals surface area (Å²) in [5.74, 6) is -1.11. The fourth-order valence-corrected chi connectivity index (χ4v) is 4.20. The van der Waals surface area contributed by atoms with Crippen molar-refractivity contribution in [2.45, 2.75) is 37.9 Å². The van der Waals surface area contributed by atoms with Crippen LogP contribution in [0.3, 0.4) is 0 Å². The van der Waals surface area contributed by atoms with E-state index >= 15 is 0 Å². The molecule has 10 heteroatoms. The van der Waals surface area contributed by atoms with Crippen molar-refractivity contribution in [3.05, 3.63) is 57.5 Å². The first-order valence-electron chi connectivity index (χ1n) is 8.92. The minimum absolute atomic E-state index is 0.0291. The molecule has 2 N–H and O–H groups in total. The molecule has 1 aliphatic rings. The van der Waals surface area contributed by atoms with Crippen LogP contribution >= 0.6 is 0 Å². The molecule has 0 spiro atoms. The zero-order chi connectivity index (χ0) is 21.3. The van der Waals surface area contributed by atoms with Gasteiger partial charge in [-0.25, -0.2) is 13.1 Å². The van der Waals surface area contributed by atoms with Gasteiger partial charge in [0.1, 0.15) is 0 Å². The summed E-state index contributed by atoms with van der Waals surface area (Å²) in [5.41, 5.74) is -0.277. The second-order valence-electron chi connectivity index (χ2n) is 6.90. The molecule has 0 aliphatic carbocycles. The number of benzene rings is 1. The maximum atomic E-state index is 12.7. The van der Waals surface area contributed by atoms with E-state index in [1.54, 1.807) is 4.90 Å². The molecule has 0 unspecified atom stereocenters. The average Bonchev–Trinajstić information content (AvgIpc) is 2.69. The molecule has 1 amide bonds. The van der Waals surface area contributed by atoms with Crippen LogP contribution in [0.1, 0.15) is 35.6 Å². The lowest BCUT2D eigenvalue weighted by Crippen LogP contribution is -2.46. The van der Waals surface area contributed by atoms with E-state index in [1.165, 1.54) is 28.8 Å². The standard InChI is InChI=1S/C19H20N4O5S/c1-12(2)22-7-8-23-14(9-16(24)18(25)17(23)19(22)26)11-21-29(27,28)15-5-3-13(10-20)4-6-15/h3-6,9,12,21,25H,7-8,11H2,1-2H3. The fourth-order valence-electron chi connectivity index (χ4n) is 3.20. The molecule has 0 atom stereocenters. The number of aromatic nitrogens is 1. The summed E-state index contributed by atoms with van der Waals surface area (Å²) in [6, 6.07) is 8.33. The summed E-state index contributed by atoms with van der Waals surface area (Å²) in [6.07, 6.45) is 0. The van der Waals surface area contributed by atoms with Gasteiger partial charge in [-0.2, -0.15) is 5.26 Å². The minimum atomic E-state index is -3.90. The van der Waals surface area contributed by atoms with Crippen LogP contribution in [-0.4, -0.2) is 41.5 Å². The third-order valence-electron chi connectivity index (χ3n) is 4.76. The Labute approximate surface area is 167 Å². The van der Waals surface area contributed by atoms with Crippen molar-refractivity contribution in [2.75, 3.05) is 6.54 Å². The van der Waals surface area contributed by atoms with Crippen molar-refractivity contribution >= 4 is 15.9 Å². The topological polar surface area (TPSA) is 132 Å². The molecule has 2 heterocycles.